The van der Waals surface area contributed by atoms with Crippen molar-refractivity contribution in [3.05, 3.63) is 138 Å². The van der Waals surface area contributed by atoms with E-state index in [4.69, 9.17) is 14.6 Å². The largest absolute Gasteiger partial charge is 0.494 e. The van der Waals surface area contributed by atoms with Gasteiger partial charge < -0.3 is 14.7 Å². The van der Waals surface area contributed by atoms with Gasteiger partial charge in [0.25, 0.3) is 11.8 Å². The molecule has 6 aromatic rings. The van der Waals surface area contributed by atoms with E-state index in [1.165, 1.54) is 0 Å². The maximum atomic E-state index is 13.3. The summed E-state index contributed by atoms with van der Waals surface area (Å²) in [4.78, 5) is 55.6. The van der Waals surface area contributed by atoms with Gasteiger partial charge in [0.15, 0.2) is 0 Å². The maximum absolute atomic E-state index is 13.3. The Kier molecular flexibility index (Phi) is 9.99. The van der Waals surface area contributed by atoms with Gasteiger partial charge in [-0.05, 0) is 115 Å². The fourth-order valence-corrected chi connectivity index (χ4v) is 7.88. The Morgan fingerprint density at radius 1 is 0.695 bits per heavy atom. The highest BCUT2D eigenvalue weighted by atomic mass is 16.5. The zero-order valence-electron chi connectivity index (χ0n) is 31.8. The van der Waals surface area contributed by atoms with Crippen LogP contribution in [-0.2, 0) is 16.0 Å². The molecule has 4 heterocycles. The average Bonchev–Trinajstić information content (AvgIpc) is 3.97. The van der Waals surface area contributed by atoms with Gasteiger partial charge in [0, 0.05) is 41.7 Å². The number of unbranched alkanes of at least 4 members (excludes halogenated alkanes) is 1. The Morgan fingerprint density at radius 2 is 1.42 bits per heavy atom. The highest BCUT2D eigenvalue weighted by Gasteiger charge is 2.44. The standard InChI is InChI=1S/C46H38N6O7/c53-42-17-16-41(44(54)48-42)52-45(55)37-14-6-30(26-38(37)46(52)56)29-4-3-5-35(25-29)59-23-2-1-22-58-34-11-9-33(10-12-34)51-27-39(43(49-51)28-18-20-47-21-19-28)32-7-13-36-31(24-32)8-15-40(36)50-57/h3-7,9-14,18-21,24-27,41,57H,1-2,8,15-17,22-23H2,(H,48,53,54). The molecular weight excluding hydrogens is 749 g/mol. The third kappa shape index (κ3) is 7.34. The number of benzene rings is 4. The van der Waals surface area contributed by atoms with Crippen molar-refractivity contribution in [3.8, 4) is 50.7 Å². The first kappa shape index (κ1) is 37.2. The molecule has 1 saturated heterocycles. The molecule has 9 rings (SSSR count). The first-order chi connectivity index (χ1) is 28.8. The van der Waals surface area contributed by atoms with Crippen LogP contribution in [0.3, 0.4) is 0 Å². The first-order valence-corrected chi connectivity index (χ1v) is 19.5. The summed E-state index contributed by atoms with van der Waals surface area (Å²) >= 11 is 0. The molecule has 1 atom stereocenters. The van der Waals surface area contributed by atoms with E-state index >= 15 is 0 Å². The minimum atomic E-state index is -1.01. The van der Waals surface area contributed by atoms with Crippen LogP contribution in [0.1, 0.15) is 63.9 Å². The quantitative estimate of drug-likeness (QED) is 0.0573. The molecule has 294 valence electrons. The third-order valence-electron chi connectivity index (χ3n) is 10.9. The van der Waals surface area contributed by atoms with Crippen LogP contribution in [0.5, 0.6) is 11.5 Å². The normalized spacial score (nSPS) is 16.6. The lowest BCUT2D eigenvalue weighted by Crippen LogP contribution is -2.54. The van der Waals surface area contributed by atoms with Gasteiger partial charge in [-0.1, -0.05) is 41.6 Å². The van der Waals surface area contributed by atoms with E-state index in [0.29, 0.717) is 24.7 Å². The number of carbonyl (C=O) groups is 4. The van der Waals surface area contributed by atoms with Crippen molar-refractivity contribution in [1.82, 2.24) is 25.0 Å². The van der Waals surface area contributed by atoms with Crippen molar-refractivity contribution in [2.45, 2.75) is 44.6 Å². The van der Waals surface area contributed by atoms with Crippen molar-refractivity contribution in [2.75, 3.05) is 13.2 Å². The molecule has 13 nitrogen and oxygen atoms in total. The molecule has 0 spiro atoms. The number of oxime groups is 1. The molecule has 59 heavy (non-hydrogen) atoms. The van der Waals surface area contributed by atoms with Crippen LogP contribution in [-0.4, -0.2) is 73.5 Å². The monoisotopic (exact) mass is 786 g/mol. The Balaban J connectivity index is 0.791. The highest BCUT2D eigenvalue weighted by molar-refractivity contribution is 6.23. The Hall–Kier alpha value is -7.41. The number of fused-ring (bicyclic) bond motifs is 2. The van der Waals surface area contributed by atoms with Crippen LogP contribution in [0, 0.1) is 0 Å². The van der Waals surface area contributed by atoms with E-state index in [1.54, 1.807) is 30.6 Å². The minimum absolute atomic E-state index is 0.0661. The van der Waals surface area contributed by atoms with Gasteiger partial charge in [0.05, 0.1) is 35.7 Å². The van der Waals surface area contributed by atoms with Gasteiger partial charge in [0.1, 0.15) is 23.2 Å². The van der Waals surface area contributed by atoms with Crippen molar-refractivity contribution in [1.29, 1.82) is 0 Å². The summed E-state index contributed by atoms with van der Waals surface area (Å²) in [6.45, 7) is 0.991. The second-order valence-corrected chi connectivity index (χ2v) is 14.6. The van der Waals surface area contributed by atoms with Gasteiger partial charge in [-0.25, -0.2) is 4.68 Å². The lowest BCUT2D eigenvalue weighted by molar-refractivity contribution is -0.136. The Labute approximate surface area is 338 Å². The Morgan fingerprint density at radius 3 is 2.20 bits per heavy atom. The molecule has 3 aliphatic rings. The molecule has 0 bridgehead atoms. The average molecular weight is 787 g/mol. The molecule has 1 fully saturated rings. The number of piperidine rings is 1. The molecule has 2 aromatic heterocycles. The van der Waals surface area contributed by atoms with Crippen LogP contribution in [0.2, 0.25) is 0 Å². The predicted molar refractivity (Wildman–Crippen MR) is 218 cm³/mol. The number of pyridine rings is 1. The van der Waals surface area contributed by atoms with E-state index in [-0.39, 0.29) is 24.0 Å². The topological polar surface area (TPSA) is 165 Å². The Bertz CT molecular complexity index is 2650. The molecule has 0 saturated carbocycles. The lowest BCUT2D eigenvalue weighted by Gasteiger charge is -2.27. The summed E-state index contributed by atoms with van der Waals surface area (Å²) in [5.41, 5.74) is 9.57. The number of amides is 4. The van der Waals surface area contributed by atoms with Gasteiger partial charge in [0.2, 0.25) is 11.8 Å². The lowest BCUT2D eigenvalue weighted by atomic mass is 9.98. The number of hydrogen-bond donors (Lipinski definition) is 2. The number of hydrogen-bond acceptors (Lipinski definition) is 10. The minimum Gasteiger partial charge on any atom is -0.494 e. The first-order valence-electron chi connectivity index (χ1n) is 19.5. The van der Waals surface area contributed by atoms with Crippen molar-refractivity contribution in [3.63, 3.8) is 0 Å². The molecule has 1 unspecified atom stereocenters. The van der Waals surface area contributed by atoms with Gasteiger partial charge in [-0.15, -0.1) is 0 Å². The van der Waals surface area contributed by atoms with Crippen LogP contribution < -0.4 is 14.8 Å². The number of aromatic nitrogens is 3. The molecule has 2 N–H and O–H groups in total. The van der Waals surface area contributed by atoms with Gasteiger partial charge >= 0.3 is 0 Å². The fourth-order valence-electron chi connectivity index (χ4n) is 7.88. The van der Waals surface area contributed by atoms with E-state index in [2.05, 4.69) is 21.5 Å². The number of nitrogens with zero attached hydrogens (tertiary/aromatic N) is 5. The van der Waals surface area contributed by atoms with Crippen LogP contribution in [0.4, 0.5) is 0 Å². The fraction of sp³-hybridized carbons (Fsp3) is 0.196. The number of nitrogens with one attached hydrogen (secondary N) is 1. The van der Waals surface area contributed by atoms with Crippen LogP contribution in [0.15, 0.2) is 121 Å². The number of ether oxygens (including phenoxy) is 2. The van der Waals surface area contributed by atoms with Crippen molar-refractivity contribution >= 4 is 29.3 Å². The number of imide groups is 2. The third-order valence-corrected chi connectivity index (χ3v) is 10.9. The summed E-state index contributed by atoms with van der Waals surface area (Å²) in [6.07, 6.45) is 8.81. The number of carbonyl (C=O) groups excluding carboxylic acids is 4. The van der Waals surface area contributed by atoms with E-state index in [1.807, 2.05) is 83.7 Å². The van der Waals surface area contributed by atoms with Crippen molar-refractivity contribution in [2.24, 2.45) is 5.16 Å². The van der Waals surface area contributed by atoms with E-state index < -0.39 is 29.7 Å². The van der Waals surface area contributed by atoms with Crippen LogP contribution in [0.25, 0.3) is 39.2 Å². The summed E-state index contributed by atoms with van der Waals surface area (Å²) < 4.78 is 14.0. The molecule has 4 amide bonds. The second kappa shape index (κ2) is 15.9. The summed E-state index contributed by atoms with van der Waals surface area (Å²) in [6, 6.07) is 29.5. The summed E-state index contributed by atoms with van der Waals surface area (Å²) in [5, 5.41) is 20.1. The molecule has 4 aromatic carbocycles. The highest BCUT2D eigenvalue weighted by Crippen LogP contribution is 2.36. The molecule has 0 radical (unpaired) electrons. The van der Waals surface area contributed by atoms with Crippen LogP contribution >= 0.6 is 0 Å². The maximum Gasteiger partial charge on any atom is 0.262 e. The SMILES string of the molecule is O=C1CCC(N2C(=O)c3ccc(-c4cccc(OCCCCOc5ccc(-n6cc(-c7ccc8c(c7)CCC8=NO)c(-c7ccncc7)n6)cc5)c4)cc3C2=O)C(=O)N1. The summed E-state index contributed by atoms with van der Waals surface area (Å²) in [5.74, 6) is -0.714. The molecule has 13 heteroatoms. The molecule has 2 aliphatic heterocycles. The van der Waals surface area contributed by atoms with E-state index in [9.17, 15) is 24.4 Å². The molecule has 1 aliphatic carbocycles. The van der Waals surface area contributed by atoms with E-state index in [0.717, 1.165) is 86.7 Å². The predicted octanol–water partition coefficient (Wildman–Crippen LogP) is 7.03. The second-order valence-electron chi connectivity index (χ2n) is 14.6. The summed E-state index contributed by atoms with van der Waals surface area (Å²) in [7, 11) is 0. The number of rotatable bonds is 12. The number of aryl methyl sites for hydroxylation is 1. The van der Waals surface area contributed by atoms with Gasteiger partial charge in [-0.3, -0.25) is 34.4 Å². The zero-order chi connectivity index (χ0) is 40.5. The molecular formula is C46H38N6O7. The smallest absolute Gasteiger partial charge is 0.262 e. The van der Waals surface area contributed by atoms with Crippen molar-refractivity contribution < 1.29 is 33.9 Å². The van der Waals surface area contributed by atoms with Gasteiger partial charge in [-0.2, -0.15) is 5.10 Å². The zero-order valence-corrected chi connectivity index (χ0v) is 31.8.